The average Bonchev–Trinajstić information content (AvgIpc) is 1.94. The van der Waals surface area contributed by atoms with E-state index in [2.05, 4.69) is 4.98 Å². The van der Waals surface area contributed by atoms with E-state index in [9.17, 15) is 4.79 Å². The Morgan fingerprint density at radius 2 is 2.27 bits per heavy atom. The summed E-state index contributed by atoms with van der Waals surface area (Å²) < 4.78 is 0. The first-order valence-corrected chi connectivity index (χ1v) is 2.79. The lowest BCUT2D eigenvalue weighted by atomic mass is 10.2. The predicted molar refractivity (Wildman–Crippen MR) is 37.3 cm³/mol. The van der Waals surface area contributed by atoms with Crippen LogP contribution in [-0.4, -0.2) is 21.2 Å². The molecule has 58 valence electrons. The van der Waals surface area contributed by atoms with E-state index in [1.165, 1.54) is 12.3 Å². The van der Waals surface area contributed by atoms with Crippen LogP contribution in [0.5, 0.6) is 5.75 Å². The van der Waals surface area contributed by atoms with Gasteiger partial charge < -0.3 is 15.9 Å². The third-order valence-electron chi connectivity index (χ3n) is 1.18. The molecule has 0 amide bonds. The van der Waals surface area contributed by atoms with Crippen LogP contribution in [0.1, 0.15) is 10.4 Å². The van der Waals surface area contributed by atoms with Crippen LogP contribution < -0.4 is 5.73 Å². The molecule has 1 aromatic heterocycles. The highest BCUT2D eigenvalue weighted by Crippen LogP contribution is 2.21. The number of carbonyl (C=O) groups is 1. The molecule has 0 fully saturated rings. The quantitative estimate of drug-likeness (QED) is 0.531. The number of aromatic carboxylic acids is 1. The fourth-order valence-corrected chi connectivity index (χ4v) is 0.643. The van der Waals surface area contributed by atoms with Gasteiger partial charge in [-0.3, -0.25) is 0 Å². The Morgan fingerprint density at radius 3 is 2.73 bits per heavy atom. The molecule has 0 aliphatic heterocycles. The number of aromatic hydroxyl groups is 1. The summed E-state index contributed by atoms with van der Waals surface area (Å²) >= 11 is 0. The summed E-state index contributed by atoms with van der Waals surface area (Å²) in [5.41, 5.74) is 4.90. The van der Waals surface area contributed by atoms with Crippen molar-refractivity contribution in [3.8, 4) is 5.75 Å². The first kappa shape index (κ1) is 7.33. The molecular formula is C6H6N2O3. The van der Waals surface area contributed by atoms with Crippen molar-refractivity contribution in [1.29, 1.82) is 0 Å². The molecule has 11 heavy (non-hydrogen) atoms. The molecule has 0 aliphatic rings. The maximum atomic E-state index is 10.3. The first-order chi connectivity index (χ1) is 5.13. The smallest absolute Gasteiger partial charge is 0.339 e. The van der Waals surface area contributed by atoms with Crippen LogP contribution in [0, 0.1) is 0 Å². The van der Waals surface area contributed by atoms with Gasteiger partial charge in [0.2, 0.25) is 0 Å². The van der Waals surface area contributed by atoms with Gasteiger partial charge in [-0.1, -0.05) is 0 Å². The molecule has 5 nitrogen and oxygen atoms in total. The van der Waals surface area contributed by atoms with E-state index in [1.807, 2.05) is 0 Å². The van der Waals surface area contributed by atoms with Crippen molar-refractivity contribution in [1.82, 2.24) is 4.98 Å². The zero-order chi connectivity index (χ0) is 8.43. The Balaban J connectivity index is 3.27. The highest BCUT2D eigenvalue weighted by molar-refractivity contribution is 5.92. The molecule has 0 bridgehead atoms. The van der Waals surface area contributed by atoms with Crippen LogP contribution in [0.4, 0.5) is 5.82 Å². The summed E-state index contributed by atoms with van der Waals surface area (Å²) in [6.45, 7) is 0. The molecule has 5 heteroatoms. The van der Waals surface area contributed by atoms with Crippen LogP contribution in [0.15, 0.2) is 12.3 Å². The van der Waals surface area contributed by atoms with Crippen LogP contribution >= 0.6 is 0 Å². The van der Waals surface area contributed by atoms with E-state index in [0.29, 0.717) is 0 Å². The third-order valence-corrected chi connectivity index (χ3v) is 1.18. The molecule has 0 radical (unpaired) electrons. The maximum Gasteiger partial charge on any atom is 0.339 e. The molecule has 1 aromatic rings. The number of carboxylic acids is 1. The minimum absolute atomic E-state index is 0.176. The van der Waals surface area contributed by atoms with Gasteiger partial charge in [-0.15, -0.1) is 0 Å². The standard InChI is InChI=1S/C6H6N2O3/c7-5-4(9)3(6(10)11)1-2-8-5/h1-2,9H,(H2,7,8)(H,10,11). The number of hydrogen-bond donors (Lipinski definition) is 3. The Kier molecular flexibility index (Phi) is 1.63. The van der Waals surface area contributed by atoms with Crippen LogP contribution in [0.3, 0.4) is 0 Å². The molecule has 0 spiro atoms. The number of anilines is 1. The summed E-state index contributed by atoms with van der Waals surface area (Å²) in [4.78, 5) is 13.8. The molecule has 0 aromatic carbocycles. The number of nitrogen functional groups attached to an aromatic ring is 1. The molecule has 0 atom stereocenters. The topological polar surface area (TPSA) is 96.4 Å². The SMILES string of the molecule is Nc1nccc(C(=O)O)c1O. The number of aromatic nitrogens is 1. The van der Waals surface area contributed by atoms with Crippen molar-refractivity contribution in [2.24, 2.45) is 0 Å². The van der Waals surface area contributed by atoms with Gasteiger partial charge in [0, 0.05) is 6.20 Å². The molecule has 0 saturated carbocycles. The fourth-order valence-electron chi connectivity index (χ4n) is 0.643. The highest BCUT2D eigenvalue weighted by atomic mass is 16.4. The average molecular weight is 154 g/mol. The zero-order valence-corrected chi connectivity index (χ0v) is 5.48. The maximum absolute atomic E-state index is 10.3. The van der Waals surface area contributed by atoms with Gasteiger partial charge in [0.05, 0.1) is 0 Å². The molecule has 0 unspecified atom stereocenters. The number of carboxylic acid groups (broad SMARTS) is 1. The normalized spacial score (nSPS) is 9.45. The van der Waals surface area contributed by atoms with Gasteiger partial charge >= 0.3 is 5.97 Å². The number of pyridine rings is 1. The second-order valence-electron chi connectivity index (χ2n) is 1.90. The first-order valence-electron chi connectivity index (χ1n) is 2.79. The zero-order valence-electron chi connectivity index (χ0n) is 5.48. The summed E-state index contributed by atoms with van der Waals surface area (Å²) in [5.74, 6) is -1.89. The second kappa shape index (κ2) is 2.45. The van der Waals surface area contributed by atoms with Crippen molar-refractivity contribution >= 4 is 11.8 Å². The summed E-state index contributed by atoms with van der Waals surface area (Å²) in [6, 6.07) is 1.17. The van der Waals surface area contributed by atoms with E-state index in [4.69, 9.17) is 15.9 Å². The van der Waals surface area contributed by atoms with Gasteiger partial charge in [-0.05, 0) is 6.07 Å². The van der Waals surface area contributed by atoms with Gasteiger partial charge in [-0.2, -0.15) is 0 Å². The van der Waals surface area contributed by atoms with Crippen molar-refractivity contribution in [2.75, 3.05) is 5.73 Å². The lowest BCUT2D eigenvalue weighted by Gasteiger charge is -1.99. The monoisotopic (exact) mass is 154 g/mol. The van der Waals surface area contributed by atoms with Gasteiger partial charge in [0.1, 0.15) is 5.56 Å². The summed E-state index contributed by atoms with van der Waals surface area (Å²) in [7, 11) is 0. The molecular weight excluding hydrogens is 148 g/mol. The summed E-state index contributed by atoms with van der Waals surface area (Å²) in [5, 5.41) is 17.4. The number of nitrogens with two attached hydrogens (primary N) is 1. The summed E-state index contributed by atoms with van der Waals surface area (Å²) in [6.07, 6.45) is 1.22. The minimum Gasteiger partial charge on any atom is -0.504 e. The van der Waals surface area contributed by atoms with Crippen LogP contribution in [-0.2, 0) is 0 Å². The number of rotatable bonds is 1. The van der Waals surface area contributed by atoms with Crippen molar-refractivity contribution in [2.45, 2.75) is 0 Å². The molecule has 0 saturated heterocycles. The van der Waals surface area contributed by atoms with Gasteiger partial charge in [0.15, 0.2) is 11.6 Å². The Morgan fingerprint density at radius 1 is 1.64 bits per heavy atom. The molecule has 1 heterocycles. The van der Waals surface area contributed by atoms with E-state index in [1.54, 1.807) is 0 Å². The lowest BCUT2D eigenvalue weighted by molar-refractivity contribution is 0.0693. The largest absolute Gasteiger partial charge is 0.504 e. The fraction of sp³-hybridized carbons (Fsp3) is 0. The van der Waals surface area contributed by atoms with E-state index in [0.717, 1.165) is 0 Å². The van der Waals surface area contributed by atoms with E-state index < -0.39 is 11.7 Å². The number of nitrogens with zero attached hydrogens (tertiary/aromatic N) is 1. The van der Waals surface area contributed by atoms with Crippen LogP contribution in [0.25, 0.3) is 0 Å². The number of hydrogen-bond acceptors (Lipinski definition) is 4. The minimum atomic E-state index is -1.23. The molecule has 1 rings (SSSR count). The third kappa shape index (κ3) is 1.21. The van der Waals surface area contributed by atoms with Crippen LogP contribution in [0.2, 0.25) is 0 Å². The molecule has 0 aliphatic carbocycles. The highest BCUT2D eigenvalue weighted by Gasteiger charge is 2.11. The second-order valence-corrected chi connectivity index (χ2v) is 1.90. The predicted octanol–water partition coefficient (Wildman–Crippen LogP) is 0.0676. The Bertz CT molecular complexity index is 298. The van der Waals surface area contributed by atoms with E-state index in [-0.39, 0.29) is 11.4 Å². The lowest BCUT2D eigenvalue weighted by Crippen LogP contribution is -2.00. The van der Waals surface area contributed by atoms with Crippen molar-refractivity contribution in [3.05, 3.63) is 17.8 Å². The van der Waals surface area contributed by atoms with Crippen molar-refractivity contribution < 1.29 is 15.0 Å². The molecule has 4 N–H and O–H groups in total. The van der Waals surface area contributed by atoms with Gasteiger partial charge in [0.25, 0.3) is 0 Å². The van der Waals surface area contributed by atoms with E-state index >= 15 is 0 Å². The van der Waals surface area contributed by atoms with Crippen molar-refractivity contribution in [3.63, 3.8) is 0 Å². The van der Waals surface area contributed by atoms with Gasteiger partial charge in [-0.25, -0.2) is 9.78 Å². The Labute approximate surface area is 62.1 Å². The Hall–Kier alpha value is -1.78.